The molecule has 110 valence electrons. The molecule has 4 atom stereocenters. The van der Waals surface area contributed by atoms with E-state index in [1.54, 1.807) is 38.1 Å². The molecule has 0 amide bonds. The molecule has 20 heavy (non-hydrogen) atoms. The van der Waals surface area contributed by atoms with Gasteiger partial charge in [-0.1, -0.05) is 38.1 Å². The Morgan fingerprint density at radius 1 is 1.10 bits per heavy atom. The quantitative estimate of drug-likeness (QED) is 0.872. The summed E-state index contributed by atoms with van der Waals surface area (Å²) in [4.78, 5) is 0.404. The van der Waals surface area contributed by atoms with Crippen molar-refractivity contribution < 1.29 is 18.6 Å². The fourth-order valence-corrected chi connectivity index (χ4v) is 4.11. The summed E-state index contributed by atoms with van der Waals surface area (Å²) in [5, 5.41) is 20.1. The SMILES string of the molecule is C[C@@H]1[C@H](O)[C@@H](C)C=C(S(=O)(=O)c2ccccc2)C[C@@H]1O. The van der Waals surface area contributed by atoms with Crippen molar-refractivity contribution in [2.75, 3.05) is 0 Å². The van der Waals surface area contributed by atoms with Gasteiger partial charge in [0.2, 0.25) is 9.84 Å². The summed E-state index contributed by atoms with van der Waals surface area (Å²) in [6.45, 7) is 3.50. The van der Waals surface area contributed by atoms with Crippen molar-refractivity contribution in [3.63, 3.8) is 0 Å². The topological polar surface area (TPSA) is 74.6 Å². The highest BCUT2D eigenvalue weighted by Crippen LogP contribution is 2.32. The van der Waals surface area contributed by atoms with Crippen molar-refractivity contribution in [2.45, 2.75) is 37.4 Å². The fourth-order valence-electron chi connectivity index (χ4n) is 2.51. The van der Waals surface area contributed by atoms with Gasteiger partial charge in [-0.2, -0.15) is 0 Å². The minimum absolute atomic E-state index is 0.0415. The van der Waals surface area contributed by atoms with Crippen LogP contribution in [0.1, 0.15) is 20.3 Å². The largest absolute Gasteiger partial charge is 0.392 e. The number of aliphatic hydroxyl groups excluding tert-OH is 2. The Morgan fingerprint density at radius 2 is 1.70 bits per heavy atom. The molecule has 0 spiro atoms. The molecule has 1 aromatic rings. The summed E-state index contributed by atoms with van der Waals surface area (Å²) in [7, 11) is -3.61. The van der Waals surface area contributed by atoms with E-state index in [1.807, 2.05) is 0 Å². The summed E-state index contributed by atoms with van der Waals surface area (Å²) in [5.74, 6) is -0.666. The smallest absolute Gasteiger partial charge is 0.202 e. The molecule has 5 heteroatoms. The minimum atomic E-state index is -3.61. The summed E-state index contributed by atoms with van der Waals surface area (Å²) in [5.41, 5.74) is 0. The first-order valence-corrected chi connectivity index (χ1v) is 8.19. The third-order valence-corrected chi connectivity index (χ3v) is 5.83. The maximum Gasteiger partial charge on any atom is 0.202 e. The Hall–Kier alpha value is -1.17. The van der Waals surface area contributed by atoms with E-state index in [2.05, 4.69) is 0 Å². The van der Waals surface area contributed by atoms with Crippen LogP contribution >= 0.6 is 0 Å². The molecule has 0 radical (unpaired) electrons. The van der Waals surface area contributed by atoms with E-state index in [1.165, 1.54) is 12.1 Å². The summed E-state index contributed by atoms with van der Waals surface area (Å²) in [6, 6.07) is 8.17. The third kappa shape index (κ3) is 2.80. The second kappa shape index (κ2) is 5.68. The van der Waals surface area contributed by atoms with Crippen LogP contribution in [0, 0.1) is 11.8 Å². The first kappa shape index (κ1) is 15.2. The molecule has 0 fully saturated rings. The second-order valence-electron chi connectivity index (χ2n) is 5.43. The Morgan fingerprint density at radius 3 is 2.30 bits per heavy atom. The number of sulfone groups is 1. The molecular weight excluding hydrogens is 276 g/mol. The van der Waals surface area contributed by atoms with Gasteiger partial charge in [0, 0.05) is 23.2 Å². The normalized spacial score (nSPS) is 31.5. The molecule has 0 saturated heterocycles. The summed E-state index contributed by atoms with van der Waals surface area (Å²) >= 11 is 0. The minimum Gasteiger partial charge on any atom is -0.392 e. The molecule has 2 N–H and O–H groups in total. The lowest BCUT2D eigenvalue weighted by Gasteiger charge is -2.23. The predicted octanol–water partition coefficient (Wildman–Crippen LogP) is 1.74. The van der Waals surface area contributed by atoms with Gasteiger partial charge in [0.25, 0.3) is 0 Å². The lowest BCUT2D eigenvalue weighted by molar-refractivity contribution is 0.00996. The zero-order valence-corrected chi connectivity index (χ0v) is 12.4. The molecule has 1 aliphatic carbocycles. The zero-order chi connectivity index (χ0) is 14.9. The molecule has 0 aliphatic heterocycles. The van der Waals surface area contributed by atoms with E-state index in [-0.39, 0.29) is 28.1 Å². The average Bonchev–Trinajstić information content (AvgIpc) is 2.53. The van der Waals surface area contributed by atoms with Crippen LogP contribution in [0.15, 0.2) is 46.2 Å². The maximum atomic E-state index is 12.6. The molecule has 0 saturated carbocycles. The molecular formula is C15H20O4S. The van der Waals surface area contributed by atoms with Crippen molar-refractivity contribution in [2.24, 2.45) is 11.8 Å². The third-order valence-electron chi connectivity index (χ3n) is 3.94. The van der Waals surface area contributed by atoms with Crippen molar-refractivity contribution in [1.29, 1.82) is 0 Å². The van der Waals surface area contributed by atoms with Crippen LogP contribution in [-0.2, 0) is 9.84 Å². The van der Waals surface area contributed by atoms with Gasteiger partial charge < -0.3 is 10.2 Å². The lowest BCUT2D eigenvalue weighted by atomic mass is 9.91. The Bertz CT molecular complexity index is 592. The number of benzene rings is 1. The number of hydrogen-bond donors (Lipinski definition) is 2. The molecule has 0 bridgehead atoms. The van der Waals surface area contributed by atoms with Crippen LogP contribution in [0.25, 0.3) is 0 Å². The fraction of sp³-hybridized carbons (Fsp3) is 0.467. The van der Waals surface area contributed by atoms with Crippen LogP contribution in [0.3, 0.4) is 0 Å². The molecule has 1 aromatic carbocycles. The van der Waals surface area contributed by atoms with Gasteiger partial charge in [-0.25, -0.2) is 8.42 Å². The van der Waals surface area contributed by atoms with Crippen molar-refractivity contribution in [3.8, 4) is 0 Å². The molecule has 2 rings (SSSR count). The van der Waals surface area contributed by atoms with Gasteiger partial charge >= 0.3 is 0 Å². The molecule has 1 aliphatic rings. The van der Waals surface area contributed by atoms with Gasteiger partial charge in [-0.3, -0.25) is 0 Å². The highest BCUT2D eigenvalue weighted by molar-refractivity contribution is 7.95. The van der Waals surface area contributed by atoms with Crippen molar-refractivity contribution in [3.05, 3.63) is 41.3 Å². The first-order chi connectivity index (χ1) is 9.34. The van der Waals surface area contributed by atoms with Crippen LogP contribution < -0.4 is 0 Å². The molecule has 0 aromatic heterocycles. The van der Waals surface area contributed by atoms with E-state index in [0.29, 0.717) is 0 Å². The van der Waals surface area contributed by atoms with Gasteiger partial charge in [0.15, 0.2) is 0 Å². The van der Waals surface area contributed by atoms with Crippen LogP contribution in [0.5, 0.6) is 0 Å². The molecule has 0 unspecified atom stereocenters. The zero-order valence-electron chi connectivity index (χ0n) is 11.6. The number of hydrogen-bond acceptors (Lipinski definition) is 4. The van der Waals surface area contributed by atoms with Crippen molar-refractivity contribution >= 4 is 9.84 Å². The Kier molecular flexibility index (Phi) is 4.32. The second-order valence-corrected chi connectivity index (χ2v) is 7.43. The molecule has 4 nitrogen and oxygen atoms in total. The number of rotatable bonds is 2. The van der Waals surface area contributed by atoms with E-state index in [0.717, 1.165) is 0 Å². The number of aliphatic hydroxyl groups is 2. The van der Waals surface area contributed by atoms with Crippen LogP contribution in [0.2, 0.25) is 0 Å². The highest BCUT2D eigenvalue weighted by atomic mass is 32.2. The van der Waals surface area contributed by atoms with Gasteiger partial charge in [-0.05, 0) is 12.1 Å². The highest BCUT2D eigenvalue weighted by Gasteiger charge is 2.34. The van der Waals surface area contributed by atoms with Crippen LogP contribution in [-0.4, -0.2) is 30.8 Å². The van der Waals surface area contributed by atoms with E-state index in [9.17, 15) is 18.6 Å². The lowest BCUT2D eigenvalue weighted by Crippen LogP contribution is -2.31. The van der Waals surface area contributed by atoms with E-state index < -0.39 is 22.0 Å². The van der Waals surface area contributed by atoms with Crippen LogP contribution in [0.4, 0.5) is 0 Å². The van der Waals surface area contributed by atoms with Gasteiger partial charge in [-0.15, -0.1) is 0 Å². The summed E-state index contributed by atoms with van der Waals surface area (Å²) < 4.78 is 25.2. The summed E-state index contributed by atoms with van der Waals surface area (Å²) in [6.07, 6.45) is 0.00707. The Balaban J connectivity index is 2.44. The predicted molar refractivity (Wildman–Crippen MR) is 76.7 cm³/mol. The molecule has 0 heterocycles. The average molecular weight is 296 g/mol. The Labute approximate surface area is 119 Å². The van der Waals surface area contributed by atoms with Gasteiger partial charge in [0.1, 0.15) is 0 Å². The van der Waals surface area contributed by atoms with Crippen molar-refractivity contribution in [1.82, 2.24) is 0 Å². The first-order valence-electron chi connectivity index (χ1n) is 6.71. The maximum absolute atomic E-state index is 12.6. The van der Waals surface area contributed by atoms with Gasteiger partial charge in [0.05, 0.1) is 17.1 Å². The monoisotopic (exact) mass is 296 g/mol. The van der Waals surface area contributed by atoms with E-state index in [4.69, 9.17) is 0 Å². The van der Waals surface area contributed by atoms with E-state index >= 15 is 0 Å². The standard InChI is InChI=1S/C15H20O4S/c1-10-8-13(9-14(16)11(2)15(10)17)20(18,19)12-6-4-3-5-7-12/h3-8,10-11,14-17H,9H2,1-2H3/t10-,11-,14-,15+/m0/s1.